The molecule has 2 aromatic heterocycles. The Morgan fingerprint density at radius 3 is 2.30 bits per heavy atom. The van der Waals surface area contributed by atoms with Crippen molar-refractivity contribution in [2.75, 3.05) is 0 Å². The molecule has 0 atom stereocenters. The molecule has 0 aliphatic heterocycles. The van der Waals surface area contributed by atoms with Gasteiger partial charge in [-0.15, -0.1) is 0 Å². The van der Waals surface area contributed by atoms with Crippen LogP contribution in [0.4, 0.5) is 39.5 Å². The maximum atomic E-state index is 14.8. The van der Waals surface area contributed by atoms with Crippen molar-refractivity contribution in [2.45, 2.75) is 43.0 Å². The van der Waals surface area contributed by atoms with E-state index in [1.165, 1.54) is 18.2 Å². The lowest BCUT2D eigenvalue weighted by Gasteiger charge is -2.28. The van der Waals surface area contributed by atoms with Gasteiger partial charge >= 0.3 is 24.6 Å². The van der Waals surface area contributed by atoms with Crippen molar-refractivity contribution in [1.82, 2.24) is 24.9 Å². The van der Waals surface area contributed by atoms with Crippen LogP contribution in [0, 0.1) is 11.3 Å². The molecule has 1 saturated carbocycles. The molecule has 0 radical (unpaired) electrons. The number of rotatable bonds is 7. The Morgan fingerprint density at radius 2 is 1.77 bits per heavy atom. The SMILES string of the molecule is Cn1nc(C(F)(C(F)(F)F)C(F)(F)F)c(OC(F)F)c1-n1cc(-c2ccc(Cl)c(C(=O)NC3(C#N)CC3)c2)cn1. The molecule has 3 aromatic rings. The summed E-state index contributed by atoms with van der Waals surface area (Å²) in [7, 11) is 0.763. The van der Waals surface area contributed by atoms with Gasteiger partial charge in [0.15, 0.2) is 17.3 Å². The third-order valence-corrected chi connectivity index (χ3v) is 6.28. The molecule has 214 valence electrons. The summed E-state index contributed by atoms with van der Waals surface area (Å²) in [4.78, 5) is 12.7. The number of nitriles is 1. The normalized spacial score (nSPS) is 15.2. The molecule has 1 amide bonds. The Bertz CT molecular complexity index is 1490. The molecule has 0 spiro atoms. The molecular weight excluding hydrogens is 587 g/mol. The average molecular weight is 601 g/mol. The van der Waals surface area contributed by atoms with Crippen LogP contribution in [0.3, 0.4) is 0 Å². The summed E-state index contributed by atoms with van der Waals surface area (Å²) in [6, 6.07) is 5.90. The number of benzene rings is 1. The second-order valence-corrected chi connectivity index (χ2v) is 9.08. The number of alkyl halides is 9. The van der Waals surface area contributed by atoms with E-state index in [0.29, 0.717) is 17.5 Å². The van der Waals surface area contributed by atoms with Crippen LogP contribution < -0.4 is 10.1 Å². The topological polar surface area (TPSA) is 97.8 Å². The lowest BCUT2D eigenvalue weighted by molar-refractivity contribution is -0.350. The highest BCUT2D eigenvalue weighted by molar-refractivity contribution is 6.34. The zero-order chi connectivity index (χ0) is 29.8. The molecule has 1 aliphatic carbocycles. The number of aromatic nitrogens is 4. The number of halogens is 10. The van der Waals surface area contributed by atoms with E-state index < -0.39 is 53.3 Å². The number of hydrogen-bond acceptors (Lipinski definition) is 5. The van der Waals surface area contributed by atoms with E-state index in [-0.39, 0.29) is 26.4 Å². The van der Waals surface area contributed by atoms with Gasteiger partial charge in [-0.05, 0) is 30.5 Å². The van der Waals surface area contributed by atoms with Crippen LogP contribution in [0.1, 0.15) is 28.9 Å². The zero-order valence-electron chi connectivity index (χ0n) is 19.7. The van der Waals surface area contributed by atoms with Gasteiger partial charge in [-0.3, -0.25) is 4.79 Å². The molecule has 4 rings (SSSR count). The summed E-state index contributed by atoms with van der Waals surface area (Å²) in [6.07, 6.45) is -10.5. The molecule has 1 aromatic carbocycles. The van der Waals surface area contributed by atoms with Gasteiger partial charge in [-0.2, -0.15) is 50.6 Å². The van der Waals surface area contributed by atoms with Crippen molar-refractivity contribution in [3.05, 3.63) is 46.9 Å². The Morgan fingerprint density at radius 1 is 1.15 bits per heavy atom. The maximum absolute atomic E-state index is 14.8. The Hall–Kier alpha value is -3.94. The van der Waals surface area contributed by atoms with E-state index in [9.17, 15) is 49.6 Å². The minimum atomic E-state index is -6.66. The van der Waals surface area contributed by atoms with Gasteiger partial charge in [0.1, 0.15) is 5.54 Å². The molecule has 1 N–H and O–H groups in total. The van der Waals surface area contributed by atoms with Gasteiger partial charge in [0.2, 0.25) is 0 Å². The summed E-state index contributed by atoms with van der Waals surface area (Å²) in [5.41, 5.74) is -9.49. The number of amides is 1. The predicted octanol–water partition coefficient (Wildman–Crippen LogP) is 5.60. The molecule has 0 saturated heterocycles. The molecule has 18 heteroatoms. The molecular formula is C22H14ClF9N6O2. The fraction of sp³-hybridized carbons (Fsp3) is 0.364. The minimum Gasteiger partial charge on any atom is -0.429 e. The van der Waals surface area contributed by atoms with Crippen LogP contribution in [0.5, 0.6) is 5.75 Å². The number of nitrogens with zero attached hydrogens (tertiary/aromatic N) is 5. The van der Waals surface area contributed by atoms with Gasteiger partial charge < -0.3 is 10.1 Å². The first-order valence-corrected chi connectivity index (χ1v) is 11.3. The van der Waals surface area contributed by atoms with Crippen LogP contribution in [0.15, 0.2) is 30.6 Å². The van der Waals surface area contributed by atoms with Crippen molar-refractivity contribution < 1.29 is 49.0 Å². The second kappa shape index (κ2) is 9.61. The number of carbonyl (C=O) groups is 1. The largest absolute Gasteiger partial charge is 0.437 e. The summed E-state index contributed by atoms with van der Waals surface area (Å²) in [5, 5.41) is 18.4. The average Bonchev–Trinajstić information content (AvgIpc) is 3.31. The van der Waals surface area contributed by atoms with Crippen molar-refractivity contribution in [1.29, 1.82) is 5.26 Å². The maximum Gasteiger partial charge on any atom is 0.437 e. The Balaban J connectivity index is 1.80. The highest BCUT2D eigenvalue weighted by Gasteiger charge is 2.76. The quantitative estimate of drug-likeness (QED) is 0.356. The van der Waals surface area contributed by atoms with E-state index in [1.54, 1.807) is 0 Å². The second-order valence-electron chi connectivity index (χ2n) is 8.67. The molecule has 40 heavy (non-hydrogen) atoms. The zero-order valence-corrected chi connectivity index (χ0v) is 20.5. The molecule has 2 heterocycles. The van der Waals surface area contributed by atoms with Gasteiger partial charge in [-0.25, -0.2) is 13.8 Å². The van der Waals surface area contributed by atoms with Crippen LogP contribution >= 0.6 is 11.6 Å². The van der Waals surface area contributed by atoms with E-state index in [1.807, 2.05) is 6.07 Å². The van der Waals surface area contributed by atoms with Crippen molar-refractivity contribution in [2.24, 2.45) is 7.05 Å². The molecule has 1 fully saturated rings. The summed E-state index contributed by atoms with van der Waals surface area (Å²) < 4.78 is 126. The first-order chi connectivity index (χ1) is 18.4. The van der Waals surface area contributed by atoms with E-state index in [2.05, 4.69) is 20.3 Å². The lowest BCUT2D eigenvalue weighted by atomic mass is 9.99. The number of ether oxygens (including phenoxy) is 1. The summed E-state index contributed by atoms with van der Waals surface area (Å²) in [6.45, 7) is -3.97. The van der Waals surface area contributed by atoms with Crippen molar-refractivity contribution in [3.8, 4) is 28.8 Å². The smallest absolute Gasteiger partial charge is 0.429 e. The van der Waals surface area contributed by atoms with Gasteiger partial charge in [0.25, 0.3) is 5.91 Å². The number of aryl methyl sites for hydroxylation is 1. The standard InChI is InChI=1S/C22H14ClF9N6O2/c1-37-17(14(40-18(24)25)15(36-37)20(26,21(27,28)29)22(30,31)32)38-8-11(7-34-38)10-2-3-13(23)12(6-10)16(39)35-19(9-33)4-5-19/h2-3,6-8,18H,4-5H2,1H3,(H,35,39). The molecule has 0 unspecified atom stereocenters. The minimum absolute atomic E-state index is 0.00938. The number of hydrogen-bond donors (Lipinski definition) is 1. The highest BCUT2D eigenvalue weighted by atomic mass is 35.5. The highest BCUT2D eigenvalue weighted by Crippen LogP contribution is 2.56. The number of nitrogens with one attached hydrogen (secondary N) is 1. The third kappa shape index (κ3) is 4.91. The summed E-state index contributed by atoms with van der Waals surface area (Å²) >= 11 is 6.10. The van der Waals surface area contributed by atoms with Crippen LogP contribution in [-0.2, 0) is 12.7 Å². The Kier molecular flexibility index (Phi) is 6.98. The number of carbonyl (C=O) groups excluding carboxylic acids is 1. The fourth-order valence-corrected chi connectivity index (χ4v) is 3.94. The molecule has 0 bridgehead atoms. The van der Waals surface area contributed by atoms with Gasteiger partial charge in [0.05, 0.1) is 22.9 Å². The van der Waals surface area contributed by atoms with Gasteiger partial charge in [0, 0.05) is 18.8 Å². The monoisotopic (exact) mass is 600 g/mol. The van der Waals surface area contributed by atoms with Gasteiger partial charge in [-0.1, -0.05) is 17.7 Å². The molecule has 8 nitrogen and oxygen atoms in total. The third-order valence-electron chi connectivity index (χ3n) is 5.95. The predicted molar refractivity (Wildman–Crippen MR) is 117 cm³/mol. The Labute approximate surface area is 222 Å². The summed E-state index contributed by atoms with van der Waals surface area (Å²) in [5.74, 6) is -3.54. The van der Waals surface area contributed by atoms with Crippen molar-refractivity contribution >= 4 is 17.5 Å². The van der Waals surface area contributed by atoms with Crippen LogP contribution in [0.2, 0.25) is 5.02 Å². The van der Waals surface area contributed by atoms with Crippen LogP contribution in [0.25, 0.3) is 16.9 Å². The van der Waals surface area contributed by atoms with Crippen molar-refractivity contribution in [3.63, 3.8) is 0 Å². The van der Waals surface area contributed by atoms with Crippen LogP contribution in [-0.4, -0.2) is 50.0 Å². The lowest BCUT2D eigenvalue weighted by Crippen LogP contribution is -2.51. The van der Waals surface area contributed by atoms with E-state index in [0.717, 1.165) is 19.4 Å². The first-order valence-electron chi connectivity index (χ1n) is 10.9. The fourth-order valence-electron chi connectivity index (χ4n) is 3.74. The van der Waals surface area contributed by atoms with E-state index in [4.69, 9.17) is 11.6 Å². The van der Waals surface area contributed by atoms with E-state index >= 15 is 0 Å². The molecule has 1 aliphatic rings. The first kappa shape index (κ1) is 29.1.